The van der Waals surface area contributed by atoms with Gasteiger partial charge in [0, 0.05) is 24.7 Å². The molecule has 0 amide bonds. The fourth-order valence-corrected chi connectivity index (χ4v) is 2.05. The van der Waals surface area contributed by atoms with E-state index in [-0.39, 0.29) is 6.42 Å². The summed E-state index contributed by atoms with van der Waals surface area (Å²) >= 11 is 0. The van der Waals surface area contributed by atoms with E-state index >= 15 is 0 Å². The Labute approximate surface area is 124 Å². The fraction of sp³-hybridized carbons (Fsp3) is 0.294. The van der Waals surface area contributed by atoms with Crippen molar-refractivity contribution in [3.8, 4) is 5.75 Å². The van der Waals surface area contributed by atoms with Crippen molar-refractivity contribution in [3.63, 3.8) is 0 Å². The molecule has 110 valence electrons. The minimum atomic E-state index is -0.752. The maximum absolute atomic E-state index is 10.5. The zero-order chi connectivity index (χ0) is 14.9. The third-order valence-electron chi connectivity index (χ3n) is 3.11. The first-order valence-corrected chi connectivity index (χ1v) is 7.07. The van der Waals surface area contributed by atoms with Gasteiger partial charge in [-0.2, -0.15) is 0 Å². The number of pyridine rings is 1. The van der Waals surface area contributed by atoms with Gasteiger partial charge in [-0.25, -0.2) is 0 Å². The van der Waals surface area contributed by atoms with E-state index in [0.717, 1.165) is 29.8 Å². The molecule has 2 rings (SSSR count). The molecule has 21 heavy (non-hydrogen) atoms. The van der Waals surface area contributed by atoms with Crippen molar-refractivity contribution >= 4 is 5.97 Å². The summed E-state index contributed by atoms with van der Waals surface area (Å²) in [6.45, 7) is 0.579. The van der Waals surface area contributed by atoms with Crippen molar-refractivity contribution in [2.75, 3.05) is 6.61 Å². The highest BCUT2D eigenvalue weighted by Gasteiger charge is 2.01. The monoisotopic (exact) mass is 285 g/mol. The first kappa shape index (κ1) is 15.0. The number of aromatic nitrogens is 1. The number of carboxylic acid groups (broad SMARTS) is 1. The summed E-state index contributed by atoms with van der Waals surface area (Å²) in [5, 5.41) is 8.64. The minimum Gasteiger partial charge on any atom is -0.493 e. The number of carbonyl (C=O) groups is 1. The molecule has 1 aromatic heterocycles. The molecular weight excluding hydrogens is 266 g/mol. The molecule has 0 bridgehead atoms. The van der Waals surface area contributed by atoms with Crippen molar-refractivity contribution in [2.45, 2.75) is 25.7 Å². The highest BCUT2D eigenvalue weighted by atomic mass is 16.5. The van der Waals surface area contributed by atoms with E-state index in [4.69, 9.17) is 9.84 Å². The molecule has 4 heteroatoms. The highest BCUT2D eigenvalue weighted by Crippen LogP contribution is 2.15. The molecule has 4 nitrogen and oxygen atoms in total. The molecule has 0 aliphatic carbocycles. The summed E-state index contributed by atoms with van der Waals surface area (Å²) in [6, 6.07) is 13.7. The van der Waals surface area contributed by atoms with Crippen LogP contribution in [0.25, 0.3) is 0 Å². The molecule has 0 atom stereocenters. The Bertz CT molecular complexity index is 569. The van der Waals surface area contributed by atoms with Crippen LogP contribution in [-0.4, -0.2) is 22.7 Å². The molecular formula is C17H19NO3. The summed E-state index contributed by atoms with van der Waals surface area (Å²) in [5.41, 5.74) is 2.11. The highest BCUT2D eigenvalue weighted by molar-refractivity contribution is 5.66. The predicted molar refractivity (Wildman–Crippen MR) is 80.5 cm³/mol. The van der Waals surface area contributed by atoms with Crippen molar-refractivity contribution < 1.29 is 14.6 Å². The molecule has 0 aliphatic rings. The third-order valence-corrected chi connectivity index (χ3v) is 3.11. The number of rotatable bonds is 8. The van der Waals surface area contributed by atoms with Gasteiger partial charge in [0.25, 0.3) is 0 Å². The number of nitrogens with zero attached hydrogens (tertiary/aromatic N) is 1. The van der Waals surface area contributed by atoms with Gasteiger partial charge < -0.3 is 9.84 Å². The average Bonchev–Trinajstić information content (AvgIpc) is 2.48. The second kappa shape index (κ2) is 8.04. The molecule has 0 fully saturated rings. The van der Waals surface area contributed by atoms with Crippen LogP contribution in [0, 0.1) is 0 Å². The second-order valence-electron chi connectivity index (χ2n) is 4.81. The lowest BCUT2D eigenvalue weighted by Gasteiger charge is -2.07. The maximum Gasteiger partial charge on any atom is 0.303 e. The van der Waals surface area contributed by atoms with Gasteiger partial charge >= 0.3 is 5.97 Å². The molecule has 1 aromatic carbocycles. The van der Waals surface area contributed by atoms with Crippen molar-refractivity contribution in [1.29, 1.82) is 0 Å². The van der Waals surface area contributed by atoms with Crippen molar-refractivity contribution in [1.82, 2.24) is 4.98 Å². The van der Waals surface area contributed by atoms with Gasteiger partial charge in [0.2, 0.25) is 0 Å². The normalized spacial score (nSPS) is 10.3. The molecule has 0 unspecified atom stereocenters. The Balaban J connectivity index is 1.79. The topological polar surface area (TPSA) is 59.4 Å². The van der Waals surface area contributed by atoms with Gasteiger partial charge in [0.05, 0.1) is 6.61 Å². The van der Waals surface area contributed by atoms with Crippen molar-refractivity contribution in [3.05, 3.63) is 59.9 Å². The Morgan fingerprint density at radius 3 is 2.81 bits per heavy atom. The predicted octanol–water partition coefficient (Wildman–Crippen LogP) is 3.11. The number of benzene rings is 1. The smallest absolute Gasteiger partial charge is 0.303 e. The van der Waals surface area contributed by atoms with E-state index in [1.54, 1.807) is 6.20 Å². The summed E-state index contributed by atoms with van der Waals surface area (Å²) in [7, 11) is 0. The largest absolute Gasteiger partial charge is 0.493 e. The number of carboxylic acids is 1. The van der Waals surface area contributed by atoms with Gasteiger partial charge in [-0.3, -0.25) is 9.78 Å². The lowest BCUT2D eigenvalue weighted by Crippen LogP contribution is -2.03. The van der Waals surface area contributed by atoms with Crippen LogP contribution in [0.15, 0.2) is 48.7 Å². The Kier molecular flexibility index (Phi) is 5.76. The van der Waals surface area contributed by atoms with E-state index in [0.29, 0.717) is 13.0 Å². The van der Waals surface area contributed by atoms with Crippen LogP contribution in [0.4, 0.5) is 0 Å². The van der Waals surface area contributed by atoms with Crippen LogP contribution in [-0.2, 0) is 17.6 Å². The average molecular weight is 285 g/mol. The Hall–Kier alpha value is -2.36. The molecule has 1 heterocycles. The number of aliphatic carboxylic acids is 1. The number of hydrogen-bond donors (Lipinski definition) is 1. The van der Waals surface area contributed by atoms with Gasteiger partial charge in [-0.15, -0.1) is 0 Å². The summed E-state index contributed by atoms with van der Waals surface area (Å²) in [5.74, 6) is 0.0662. The zero-order valence-corrected chi connectivity index (χ0v) is 11.9. The molecule has 0 saturated carbocycles. The zero-order valence-electron chi connectivity index (χ0n) is 11.9. The maximum atomic E-state index is 10.5. The summed E-state index contributed by atoms with van der Waals surface area (Å²) < 4.78 is 5.72. The first-order valence-electron chi connectivity index (χ1n) is 7.07. The molecule has 2 aromatic rings. The van der Waals surface area contributed by atoms with Crippen LogP contribution in [0.2, 0.25) is 0 Å². The summed E-state index contributed by atoms with van der Waals surface area (Å²) in [6.07, 6.45) is 4.14. The van der Waals surface area contributed by atoms with Crippen LogP contribution < -0.4 is 4.74 Å². The van der Waals surface area contributed by atoms with Gasteiger partial charge in [-0.05, 0) is 42.7 Å². The number of hydrogen-bond acceptors (Lipinski definition) is 3. The second-order valence-corrected chi connectivity index (χ2v) is 4.81. The summed E-state index contributed by atoms with van der Waals surface area (Å²) in [4.78, 5) is 14.8. The lowest BCUT2D eigenvalue weighted by molar-refractivity contribution is -0.137. The van der Waals surface area contributed by atoms with E-state index in [9.17, 15) is 4.79 Å². The molecule has 0 aliphatic heterocycles. The first-order chi connectivity index (χ1) is 10.2. The third kappa shape index (κ3) is 5.65. The van der Waals surface area contributed by atoms with Gasteiger partial charge in [0.1, 0.15) is 5.75 Å². The molecule has 0 saturated heterocycles. The molecule has 0 spiro atoms. The van der Waals surface area contributed by atoms with E-state index < -0.39 is 5.97 Å². The molecule has 1 N–H and O–H groups in total. The standard InChI is InChI=1S/C17H19NO3/c19-17(20)9-4-6-14-5-3-8-16(13-14)21-12-10-15-7-1-2-11-18-15/h1-3,5,7-8,11,13H,4,6,9-10,12H2,(H,19,20). The fourth-order valence-electron chi connectivity index (χ4n) is 2.05. The van der Waals surface area contributed by atoms with Gasteiger partial charge in [-0.1, -0.05) is 18.2 Å². The Morgan fingerprint density at radius 2 is 2.05 bits per heavy atom. The van der Waals surface area contributed by atoms with E-state index in [1.807, 2.05) is 42.5 Å². The van der Waals surface area contributed by atoms with E-state index in [1.165, 1.54) is 0 Å². The van der Waals surface area contributed by atoms with Crippen LogP contribution in [0.5, 0.6) is 5.75 Å². The SMILES string of the molecule is O=C(O)CCCc1cccc(OCCc2ccccn2)c1. The van der Waals surface area contributed by atoms with Crippen molar-refractivity contribution in [2.24, 2.45) is 0 Å². The van der Waals surface area contributed by atoms with E-state index in [2.05, 4.69) is 4.98 Å². The quantitative estimate of drug-likeness (QED) is 0.809. The minimum absolute atomic E-state index is 0.199. The van der Waals surface area contributed by atoms with Crippen LogP contribution >= 0.6 is 0 Å². The van der Waals surface area contributed by atoms with Crippen LogP contribution in [0.1, 0.15) is 24.1 Å². The van der Waals surface area contributed by atoms with Gasteiger partial charge in [0.15, 0.2) is 0 Å². The lowest BCUT2D eigenvalue weighted by atomic mass is 10.1. The number of aryl methyl sites for hydroxylation is 1. The molecule has 0 radical (unpaired) electrons. The van der Waals surface area contributed by atoms with Crippen LogP contribution in [0.3, 0.4) is 0 Å². The Morgan fingerprint density at radius 1 is 1.14 bits per heavy atom. The number of ether oxygens (including phenoxy) is 1.